The summed E-state index contributed by atoms with van der Waals surface area (Å²) in [5.74, 6) is 0.651. The Labute approximate surface area is 204 Å². The number of amides is 1. The van der Waals surface area contributed by atoms with Gasteiger partial charge in [-0.1, -0.05) is 54.1 Å². The van der Waals surface area contributed by atoms with Crippen LogP contribution in [0, 0.1) is 0 Å². The third-order valence-electron chi connectivity index (χ3n) is 5.10. The minimum atomic E-state index is -0.447. The number of rotatable bonds is 10. The van der Waals surface area contributed by atoms with Gasteiger partial charge in [-0.25, -0.2) is 5.43 Å². The van der Waals surface area contributed by atoms with Crippen LogP contribution in [-0.2, 0) is 6.42 Å². The van der Waals surface area contributed by atoms with Gasteiger partial charge in [0, 0.05) is 11.1 Å². The van der Waals surface area contributed by atoms with Crippen molar-refractivity contribution >= 4 is 29.8 Å². The number of hydrogen-bond acceptors (Lipinski definition) is 5. The van der Waals surface area contributed by atoms with Crippen molar-refractivity contribution in [3.8, 4) is 17.2 Å². The monoisotopic (exact) mass is 478 g/mol. The Morgan fingerprint density at radius 3 is 2.59 bits per heavy atom. The number of aryl methyl sites for hydroxylation is 1. The van der Waals surface area contributed by atoms with Crippen LogP contribution in [0.5, 0.6) is 17.2 Å². The first-order chi connectivity index (χ1) is 16.5. The Kier molecular flexibility index (Phi) is 9.12. The molecule has 3 aromatic carbocycles. The van der Waals surface area contributed by atoms with Crippen molar-refractivity contribution in [2.24, 2.45) is 5.10 Å². The zero-order chi connectivity index (χ0) is 24.3. The summed E-state index contributed by atoms with van der Waals surface area (Å²) in [5.41, 5.74) is 5.64. The van der Waals surface area contributed by atoms with Gasteiger partial charge >= 0.3 is 0 Å². The number of hydrazone groups is 1. The summed E-state index contributed by atoms with van der Waals surface area (Å²) in [4.78, 5) is 12.3. The van der Waals surface area contributed by atoms with Gasteiger partial charge in [-0.05, 0) is 60.7 Å². The highest BCUT2D eigenvalue weighted by Crippen LogP contribution is 2.33. The fraction of sp³-hybridized carbons (Fsp3) is 0.185. The Morgan fingerprint density at radius 2 is 1.88 bits per heavy atom. The van der Waals surface area contributed by atoms with E-state index in [1.54, 1.807) is 20.3 Å². The van der Waals surface area contributed by atoms with E-state index in [9.17, 15) is 9.90 Å². The van der Waals surface area contributed by atoms with Gasteiger partial charge in [0.25, 0.3) is 5.91 Å². The molecule has 0 aliphatic heterocycles. The van der Waals surface area contributed by atoms with Gasteiger partial charge in [0.2, 0.25) is 0 Å². The lowest BCUT2D eigenvalue weighted by Gasteiger charge is -2.12. The van der Waals surface area contributed by atoms with Crippen molar-refractivity contribution in [2.75, 3.05) is 14.2 Å². The molecule has 0 saturated carbocycles. The van der Waals surface area contributed by atoms with Crippen molar-refractivity contribution < 1.29 is 19.4 Å². The highest BCUT2D eigenvalue weighted by atomic mass is 35.5. The third kappa shape index (κ3) is 6.86. The Hall–Kier alpha value is -3.77. The van der Waals surface area contributed by atoms with Gasteiger partial charge in [-0.2, -0.15) is 5.10 Å². The van der Waals surface area contributed by atoms with E-state index < -0.39 is 5.91 Å². The first-order valence-corrected chi connectivity index (χ1v) is 11.2. The minimum Gasteiger partial charge on any atom is -0.506 e. The second-order valence-electron chi connectivity index (χ2n) is 7.49. The number of methoxy groups -OCH3 is 2. The van der Waals surface area contributed by atoms with E-state index in [1.807, 2.05) is 18.2 Å². The molecule has 1 amide bonds. The number of hydrogen-bond donors (Lipinski definition) is 2. The third-order valence-corrected chi connectivity index (χ3v) is 5.40. The molecule has 3 aromatic rings. The lowest BCUT2D eigenvalue weighted by atomic mass is 10.1. The molecule has 34 heavy (non-hydrogen) atoms. The SMILES string of the molecule is COc1cc(C=NNC(=O)c2ccc(O)c(Cl)c2)cc(C=CCCCc2ccccc2)c1OC. The molecule has 176 valence electrons. The molecule has 0 atom stereocenters. The molecule has 3 rings (SSSR count). The number of ether oxygens (including phenoxy) is 2. The first kappa shape index (κ1) is 24.9. The van der Waals surface area contributed by atoms with Gasteiger partial charge in [0.15, 0.2) is 11.5 Å². The van der Waals surface area contributed by atoms with Crippen LogP contribution in [0.1, 0.15) is 39.9 Å². The zero-order valence-corrected chi connectivity index (χ0v) is 19.9. The van der Waals surface area contributed by atoms with Crippen LogP contribution in [0.25, 0.3) is 6.08 Å². The van der Waals surface area contributed by atoms with Gasteiger partial charge < -0.3 is 14.6 Å². The second-order valence-corrected chi connectivity index (χ2v) is 7.90. The molecule has 0 unspecified atom stereocenters. The fourth-order valence-electron chi connectivity index (χ4n) is 3.37. The van der Waals surface area contributed by atoms with Gasteiger partial charge in [-0.15, -0.1) is 0 Å². The van der Waals surface area contributed by atoms with Crippen LogP contribution < -0.4 is 14.9 Å². The number of carbonyl (C=O) groups is 1. The Bertz CT molecular complexity index is 1180. The topological polar surface area (TPSA) is 80.2 Å². The number of unbranched alkanes of at least 4 members (excludes halogenated alkanes) is 1. The van der Waals surface area contributed by atoms with Crippen molar-refractivity contribution in [2.45, 2.75) is 19.3 Å². The average Bonchev–Trinajstić information content (AvgIpc) is 2.85. The highest BCUT2D eigenvalue weighted by Gasteiger charge is 2.11. The fourth-order valence-corrected chi connectivity index (χ4v) is 3.55. The van der Waals surface area contributed by atoms with Crippen LogP contribution in [0.15, 0.2) is 71.8 Å². The molecule has 6 nitrogen and oxygen atoms in total. The number of carbonyl (C=O) groups excluding carboxylic acids is 1. The van der Waals surface area contributed by atoms with E-state index >= 15 is 0 Å². The molecule has 0 fully saturated rings. The smallest absolute Gasteiger partial charge is 0.271 e. The predicted octanol–water partition coefficient (Wildman–Crippen LogP) is 5.86. The van der Waals surface area contributed by atoms with E-state index in [0.29, 0.717) is 11.5 Å². The molecule has 7 heteroatoms. The number of benzene rings is 3. The standard InChI is InChI=1S/C27H27ClN2O4/c1-33-25-16-20(18-29-30-27(32)22-13-14-24(31)23(28)17-22)15-21(26(25)34-2)12-8-4-7-11-19-9-5-3-6-10-19/h3,5-6,8-10,12-18,31H,4,7,11H2,1-2H3,(H,30,32). The number of nitrogens with zero attached hydrogens (tertiary/aromatic N) is 1. The van der Waals surface area contributed by atoms with Crippen molar-refractivity contribution in [3.63, 3.8) is 0 Å². The Balaban J connectivity index is 1.68. The molecule has 0 aliphatic rings. The van der Waals surface area contributed by atoms with Gasteiger partial charge in [0.05, 0.1) is 25.5 Å². The number of halogens is 1. The minimum absolute atomic E-state index is 0.0901. The number of phenols is 1. The molecule has 0 aromatic heterocycles. The van der Waals surface area contributed by atoms with E-state index in [2.05, 4.69) is 40.9 Å². The van der Waals surface area contributed by atoms with Crippen LogP contribution >= 0.6 is 11.6 Å². The van der Waals surface area contributed by atoms with Crippen LogP contribution in [0.2, 0.25) is 5.02 Å². The molecule has 0 heterocycles. The zero-order valence-electron chi connectivity index (χ0n) is 19.1. The summed E-state index contributed by atoms with van der Waals surface area (Å²) >= 11 is 5.86. The van der Waals surface area contributed by atoms with Gasteiger partial charge in [-0.3, -0.25) is 4.79 Å². The van der Waals surface area contributed by atoms with E-state index in [1.165, 1.54) is 30.0 Å². The normalized spacial score (nSPS) is 11.1. The largest absolute Gasteiger partial charge is 0.506 e. The van der Waals surface area contributed by atoms with Crippen molar-refractivity contribution in [3.05, 3.63) is 94.0 Å². The quantitative estimate of drug-likeness (QED) is 0.217. The van der Waals surface area contributed by atoms with Crippen LogP contribution in [0.4, 0.5) is 0 Å². The molecule has 2 N–H and O–H groups in total. The number of phenolic OH excluding ortho intramolecular Hbond substituents is 1. The number of allylic oxidation sites excluding steroid dienone is 1. The molecule has 0 saturated heterocycles. The van der Waals surface area contributed by atoms with Gasteiger partial charge in [0.1, 0.15) is 5.75 Å². The summed E-state index contributed by atoms with van der Waals surface area (Å²) in [6, 6.07) is 18.3. The summed E-state index contributed by atoms with van der Waals surface area (Å²) in [7, 11) is 3.17. The molecule has 0 spiro atoms. The lowest BCUT2D eigenvalue weighted by Crippen LogP contribution is -2.17. The number of nitrogens with one attached hydrogen (secondary N) is 1. The maximum atomic E-state index is 12.3. The summed E-state index contributed by atoms with van der Waals surface area (Å²) < 4.78 is 11.0. The summed E-state index contributed by atoms with van der Waals surface area (Å²) in [6.45, 7) is 0. The molecular weight excluding hydrogens is 452 g/mol. The first-order valence-electron chi connectivity index (χ1n) is 10.8. The summed E-state index contributed by atoms with van der Waals surface area (Å²) in [5, 5.41) is 13.6. The van der Waals surface area contributed by atoms with Crippen molar-refractivity contribution in [1.29, 1.82) is 0 Å². The second kappa shape index (κ2) is 12.5. The van der Waals surface area contributed by atoms with Crippen LogP contribution in [0.3, 0.4) is 0 Å². The molecule has 0 aliphatic carbocycles. The lowest BCUT2D eigenvalue weighted by molar-refractivity contribution is 0.0955. The average molecular weight is 479 g/mol. The van der Waals surface area contributed by atoms with Crippen molar-refractivity contribution in [1.82, 2.24) is 5.43 Å². The summed E-state index contributed by atoms with van der Waals surface area (Å²) in [6.07, 6.45) is 8.61. The van der Waals surface area contributed by atoms with Crippen LogP contribution in [-0.4, -0.2) is 31.4 Å². The Morgan fingerprint density at radius 1 is 1.09 bits per heavy atom. The maximum absolute atomic E-state index is 12.3. The van der Waals surface area contributed by atoms with E-state index in [4.69, 9.17) is 21.1 Å². The molecule has 0 bridgehead atoms. The molecular formula is C27H27ClN2O4. The predicted molar refractivity (Wildman–Crippen MR) is 136 cm³/mol. The number of aromatic hydroxyl groups is 1. The molecule has 0 radical (unpaired) electrons. The maximum Gasteiger partial charge on any atom is 0.271 e. The van der Waals surface area contributed by atoms with E-state index in [-0.39, 0.29) is 16.3 Å². The highest BCUT2D eigenvalue weighted by molar-refractivity contribution is 6.32. The van der Waals surface area contributed by atoms with E-state index in [0.717, 1.165) is 30.4 Å².